The van der Waals surface area contributed by atoms with Gasteiger partial charge in [-0.3, -0.25) is 4.79 Å². The summed E-state index contributed by atoms with van der Waals surface area (Å²) in [6.07, 6.45) is 1.70. The van der Waals surface area contributed by atoms with Crippen molar-refractivity contribution < 1.29 is 9.53 Å². The zero-order valence-corrected chi connectivity index (χ0v) is 11.9. The minimum absolute atomic E-state index is 0.0585. The summed E-state index contributed by atoms with van der Waals surface area (Å²) in [5, 5.41) is 0. The molecule has 0 bridgehead atoms. The third kappa shape index (κ3) is 1.97. The molecule has 0 saturated carbocycles. The quantitative estimate of drug-likeness (QED) is 0.780. The van der Waals surface area contributed by atoms with Gasteiger partial charge in [0, 0.05) is 26.6 Å². The molecule has 0 aliphatic carbocycles. The Bertz CT molecular complexity index is 480. The second-order valence-corrected chi connectivity index (χ2v) is 5.61. The predicted octanol–water partition coefficient (Wildman–Crippen LogP) is 1.10. The molecular weight excluding hydrogens is 298 g/mol. The molecular formula is C12H16BrN3O2. The van der Waals surface area contributed by atoms with Crippen molar-refractivity contribution in [1.82, 2.24) is 14.5 Å². The molecule has 5 nitrogen and oxygen atoms in total. The highest BCUT2D eigenvalue weighted by atomic mass is 79.9. The number of rotatable bonds is 1. The van der Waals surface area contributed by atoms with Gasteiger partial charge in [-0.25, -0.2) is 4.98 Å². The molecule has 1 unspecified atom stereocenters. The molecule has 0 spiro atoms. The summed E-state index contributed by atoms with van der Waals surface area (Å²) in [6.45, 7) is 2.73. The number of halogens is 1. The average Bonchev–Trinajstić information content (AvgIpc) is 2.99. The Morgan fingerprint density at radius 2 is 2.39 bits per heavy atom. The topological polar surface area (TPSA) is 47.4 Å². The number of carbonyl (C=O) groups is 1. The van der Waals surface area contributed by atoms with Gasteiger partial charge in [-0.05, 0) is 22.4 Å². The summed E-state index contributed by atoms with van der Waals surface area (Å²) in [5.74, 6) is 0.290. The standard InChI is InChI=1S/C12H16BrN3O2/c1-15-10-6-16(4-2-9(10)14-12(15)13)11(17)8-3-5-18-7-8/h8H,2-7H2,1H3. The number of amides is 1. The smallest absolute Gasteiger partial charge is 0.228 e. The van der Waals surface area contributed by atoms with Crippen LogP contribution in [0.5, 0.6) is 0 Å². The first kappa shape index (κ1) is 12.2. The number of imidazole rings is 1. The normalized spacial score (nSPS) is 23.2. The second kappa shape index (κ2) is 4.66. The molecule has 3 rings (SSSR count). The van der Waals surface area contributed by atoms with Crippen molar-refractivity contribution in [2.24, 2.45) is 13.0 Å². The molecule has 98 valence electrons. The lowest BCUT2D eigenvalue weighted by Crippen LogP contribution is -2.40. The van der Waals surface area contributed by atoms with Crippen molar-refractivity contribution in [2.45, 2.75) is 19.4 Å². The van der Waals surface area contributed by atoms with Crippen LogP contribution in [0.15, 0.2) is 4.73 Å². The summed E-state index contributed by atoms with van der Waals surface area (Å²) in [5.41, 5.74) is 2.25. The van der Waals surface area contributed by atoms with Crippen molar-refractivity contribution in [1.29, 1.82) is 0 Å². The maximum Gasteiger partial charge on any atom is 0.228 e. The van der Waals surface area contributed by atoms with E-state index in [1.165, 1.54) is 0 Å². The van der Waals surface area contributed by atoms with E-state index in [0.717, 1.165) is 35.5 Å². The molecule has 1 aromatic rings. The maximum atomic E-state index is 12.3. The van der Waals surface area contributed by atoms with Crippen LogP contribution in [0.1, 0.15) is 17.8 Å². The number of carbonyl (C=O) groups excluding carboxylic acids is 1. The minimum atomic E-state index is 0.0585. The van der Waals surface area contributed by atoms with E-state index >= 15 is 0 Å². The summed E-state index contributed by atoms with van der Waals surface area (Å²) in [7, 11) is 1.97. The third-order valence-electron chi connectivity index (χ3n) is 3.79. The van der Waals surface area contributed by atoms with E-state index in [9.17, 15) is 4.79 Å². The molecule has 2 aliphatic heterocycles. The predicted molar refractivity (Wildman–Crippen MR) is 69.0 cm³/mol. The van der Waals surface area contributed by atoms with Crippen LogP contribution in [0, 0.1) is 5.92 Å². The third-order valence-corrected chi connectivity index (χ3v) is 4.50. The van der Waals surface area contributed by atoms with Crippen LogP contribution in [-0.4, -0.2) is 40.1 Å². The zero-order valence-electron chi connectivity index (χ0n) is 10.4. The maximum absolute atomic E-state index is 12.3. The molecule has 18 heavy (non-hydrogen) atoms. The van der Waals surface area contributed by atoms with Crippen molar-refractivity contribution in [3.63, 3.8) is 0 Å². The fourth-order valence-electron chi connectivity index (χ4n) is 2.63. The van der Waals surface area contributed by atoms with Crippen LogP contribution in [0.4, 0.5) is 0 Å². The van der Waals surface area contributed by atoms with Crippen LogP contribution < -0.4 is 0 Å². The van der Waals surface area contributed by atoms with Gasteiger partial charge < -0.3 is 14.2 Å². The lowest BCUT2D eigenvalue weighted by molar-refractivity contribution is -0.136. The molecule has 1 atom stereocenters. The Balaban J connectivity index is 1.77. The number of ether oxygens (including phenoxy) is 1. The number of hydrogen-bond acceptors (Lipinski definition) is 3. The van der Waals surface area contributed by atoms with Gasteiger partial charge in [0.05, 0.1) is 30.5 Å². The monoisotopic (exact) mass is 313 g/mol. The van der Waals surface area contributed by atoms with Crippen LogP contribution in [0.25, 0.3) is 0 Å². The largest absolute Gasteiger partial charge is 0.381 e. The van der Waals surface area contributed by atoms with Gasteiger partial charge in [-0.2, -0.15) is 0 Å². The molecule has 0 radical (unpaired) electrons. The average molecular weight is 314 g/mol. The lowest BCUT2D eigenvalue weighted by atomic mass is 10.0. The van der Waals surface area contributed by atoms with E-state index in [1.807, 2.05) is 16.5 Å². The molecule has 3 heterocycles. The molecule has 2 aliphatic rings. The van der Waals surface area contributed by atoms with Crippen LogP contribution >= 0.6 is 15.9 Å². The number of hydrogen-bond donors (Lipinski definition) is 0. The molecule has 6 heteroatoms. The summed E-state index contributed by atoms with van der Waals surface area (Å²) < 4.78 is 8.15. The van der Waals surface area contributed by atoms with Gasteiger partial charge in [0.1, 0.15) is 0 Å². The van der Waals surface area contributed by atoms with Gasteiger partial charge in [-0.15, -0.1) is 0 Å². The molecule has 0 N–H and O–H groups in total. The summed E-state index contributed by atoms with van der Waals surface area (Å²) >= 11 is 3.43. The fourth-order valence-corrected chi connectivity index (χ4v) is 3.06. The van der Waals surface area contributed by atoms with Crippen molar-refractivity contribution in [3.05, 3.63) is 16.1 Å². The van der Waals surface area contributed by atoms with E-state index in [0.29, 0.717) is 19.8 Å². The Kier molecular flexibility index (Phi) is 3.15. The van der Waals surface area contributed by atoms with Crippen molar-refractivity contribution in [3.8, 4) is 0 Å². The van der Waals surface area contributed by atoms with E-state index in [2.05, 4.69) is 20.9 Å². The molecule has 0 aromatic carbocycles. The Labute approximate surface area is 114 Å². The van der Waals surface area contributed by atoms with Gasteiger partial charge in [0.2, 0.25) is 5.91 Å². The number of aromatic nitrogens is 2. The molecule has 1 amide bonds. The van der Waals surface area contributed by atoms with Gasteiger partial charge in [0.15, 0.2) is 4.73 Å². The van der Waals surface area contributed by atoms with Crippen molar-refractivity contribution >= 4 is 21.8 Å². The molecule has 1 saturated heterocycles. The lowest BCUT2D eigenvalue weighted by Gasteiger charge is -2.29. The highest BCUT2D eigenvalue weighted by Gasteiger charge is 2.31. The summed E-state index contributed by atoms with van der Waals surface area (Å²) in [4.78, 5) is 18.7. The van der Waals surface area contributed by atoms with Gasteiger partial charge in [-0.1, -0.05) is 0 Å². The second-order valence-electron chi connectivity index (χ2n) is 4.90. The highest BCUT2D eigenvalue weighted by Crippen LogP contribution is 2.24. The van der Waals surface area contributed by atoms with Crippen LogP contribution in [0.3, 0.4) is 0 Å². The fraction of sp³-hybridized carbons (Fsp3) is 0.667. The van der Waals surface area contributed by atoms with E-state index < -0.39 is 0 Å². The molecule has 1 aromatic heterocycles. The Hall–Kier alpha value is -0.880. The van der Waals surface area contributed by atoms with Crippen LogP contribution in [0.2, 0.25) is 0 Å². The number of nitrogens with zero attached hydrogens (tertiary/aromatic N) is 3. The first-order valence-corrected chi connectivity index (χ1v) is 7.02. The van der Waals surface area contributed by atoms with E-state index in [-0.39, 0.29) is 11.8 Å². The number of fused-ring (bicyclic) bond motifs is 1. The summed E-state index contributed by atoms with van der Waals surface area (Å²) in [6, 6.07) is 0. The highest BCUT2D eigenvalue weighted by molar-refractivity contribution is 9.10. The minimum Gasteiger partial charge on any atom is -0.381 e. The van der Waals surface area contributed by atoms with E-state index in [1.54, 1.807) is 0 Å². The first-order valence-electron chi connectivity index (χ1n) is 6.23. The SMILES string of the molecule is Cn1c(Br)nc2c1CN(C(=O)C1CCOC1)CC2. The molecule has 1 fully saturated rings. The van der Waals surface area contributed by atoms with Gasteiger partial charge in [0.25, 0.3) is 0 Å². The van der Waals surface area contributed by atoms with Crippen molar-refractivity contribution in [2.75, 3.05) is 19.8 Å². The Morgan fingerprint density at radius 1 is 1.56 bits per heavy atom. The van der Waals surface area contributed by atoms with E-state index in [4.69, 9.17) is 4.74 Å². The van der Waals surface area contributed by atoms with Gasteiger partial charge >= 0.3 is 0 Å². The van der Waals surface area contributed by atoms with Crippen LogP contribution in [-0.2, 0) is 29.5 Å². The Morgan fingerprint density at radius 3 is 3.11 bits per heavy atom. The first-order chi connectivity index (χ1) is 8.66. The zero-order chi connectivity index (χ0) is 12.7.